The molecular weight excluding hydrogens is 482 g/mol. The van der Waals surface area contributed by atoms with E-state index in [1.54, 1.807) is 43.5 Å². The Balaban J connectivity index is 1.56. The molecule has 4 rings (SSSR count). The average Bonchev–Trinajstić information content (AvgIpc) is 2.89. The van der Waals surface area contributed by atoms with Crippen LogP contribution >= 0.6 is 0 Å². The van der Waals surface area contributed by atoms with E-state index in [1.165, 1.54) is 42.6 Å². The fraction of sp³-hybridized carbons (Fsp3) is 0.0435. The number of nitrogens with zero attached hydrogens (tertiary/aromatic N) is 6. The maximum absolute atomic E-state index is 10.9. The predicted octanol–water partition coefficient (Wildman–Crippen LogP) is 4.63. The monoisotopic (exact) mass is 501 g/mol. The zero-order valence-electron chi connectivity index (χ0n) is 19.2. The topological polar surface area (TPSA) is 183 Å². The smallest absolute Gasteiger partial charge is 0.269 e. The second-order valence-electron chi connectivity index (χ2n) is 7.31. The Hall–Kier alpha value is -5.66. The summed E-state index contributed by atoms with van der Waals surface area (Å²) in [5.74, 6) is 1.11. The third-order valence-corrected chi connectivity index (χ3v) is 4.80. The Kier molecular flexibility index (Phi) is 7.39. The van der Waals surface area contributed by atoms with E-state index >= 15 is 0 Å². The number of hydrogen-bond donors (Lipinski definition) is 3. The first-order chi connectivity index (χ1) is 17.9. The zero-order valence-corrected chi connectivity index (χ0v) is 19.2. The van der Waals surface area contributed by atoms with Gasteiger partial charge in [0, 0.05) is 35.6 Å². The number of non-ortho nitro benzene ring substituents is 2. The molecule has 0 bridgehead atoms. The second-order valence-corrected chi connectivity index (χ2v) is 7.31. The number of aromatic nitrogens is 3. The maximum atomic E-state index is 10.9. The molecule has 0 aliphatic carbocycles. The molecule has 0 aliphatic heterocycles. The fourth-order valence-electron chi connectivity index (χ4n) is 2.98. The van der Waals surface area contributed by atoms with Crippen LogP contribution in [0.1, 0.15) is 5.56 Å². The Morgan fingerprint density at radius 2 is 1.19 bits per heavy atom. The lowest BCUT2D eigenvalue weighted by atomic mass is 10.2. The molecule has 0 spiro atoms. The summed E-state index contributed by atoms with van der Waals surface area (Å²) in [7, 11) is 1.57. The van der Waals surface area contributed by atoms with E-state index in [4.69, 9.17) is 4.74 Å². The van der Waals surface area contributed by atoms with Crippen molar-refractivity contribution in [2.45, 2.75) is 0 Å². The quantitative estimate of drug-likeness (QED) is 0.156. The first-order valence-electron chi connectivity index (χ1n) is 10.6. The maximum Gasteiger partial charge on any atom is 0.269 e. The first-order valence-corrected chi connectivity index (χ1v) is 10.6. The van der Waals surface area contributed by atoms with Gasteiger partial charge in [-0.25, -0.2) is 5.43 Å². The Morgan fingerprint density at radius 3 is 1.68 bits per heavy atom. The fourth-order valence-corrected chi connectivity index (χ4v) is 2.98. The number of methoxy groups -OCH3 is 1. The van der Waals surface area contributed by atoms with Crippen LogP contribution in [0.15, 0.2) is 77.9 Å². The lowest BCUT2D eigenvalue weighted by molar-refractivity contribution is -0.385. The standard InChI is InChI=1S/C23H19N9O5/c1-37-20-12-6-17(7-13-20)26-22-27-21(25-16-4-10-19(11-5-16)32(35)36)28-23(29-22)30-24-14-15-2-8-18(9-3-15)31(33)34/h2-14H,1H3,(H3,25,26,27,28,29,30)/b24-14-. The number of nitrogens with one attached hydrogen (secondary N) is 3. The third kappa shape index (κ3) is 6.69. The van der Waals surface area contributed by atoms with Gasteiger partial charge >= 0.3 is 0 Å². The van der Waals surface area contributed by atoms with Crippen molar-refractivity contribution in [2.24, 2.45) is 5.10 Å². The molecule has 1 heterocycles. The molecule has 0 atom stereocenters. The van der Waals surface area contributed by atoms with E-state index in [2.05, 4.69) is 36.1 Å². The van der Waals surface area contributed by atoms with E-state index < -0.39 is 9.85 Å². The van der Waals surface area contributed by atoms with E-state index in [0.717, 1.165) is 0 Å². The summed E-state index contributed by atoms with van der Waals surface area (Å²) in [4.78, 5) is 33.7. The molecular formula is C23H19N9O5. The average molecular weight is 501 g/mol. The highest BCUT2D eigenvalue weighted by atomic mass is 16.6. The molecule has 0 saturated carbocycles. The van der Waals surface area contributed by atoms with Crippen molar-refractivity contribution in [1.29, 1.82) is 0 Å². The van der Waals surface area contributed by atoms with Crippen molar-refractivity contribution < 1.29 is 14.6 Å². The minimum atomic E-state index is -0.492. The summed E-state index contributed by atoms with van der Waals surface area (Å²) in [6, 6.07) is 18.7. The number of anilines is 5. The molecule has 0 amide bonds. The predicted molar refractivity (Wildman–Crippen MR) is 137 cm³/mol. The van der Waals surface area contributed by atoms with Gasteiger partial charge in [0.05, 0.1) is 23.2 Å². The van der Waals surface area contributed by atoms with Gasteiger partial charge in [-0.05, 0) is 54.1 Å². The molecule has 0 radical (unpaired) electrons. The molecule has 14 nitrogen and oxygen atoms in total. The molecule has 3 aromatic carbocycles. The number of rotatable bonds is 10. The van der Waals surface area contributed by atoms with Crippen molar-refractivity contribution in [1.82, 2.24) is 15.0 Å². The number of hydrogen-bond acceptors (Lipinski definition) is 12. The van der Waals surface area contributed by atoms with Crippen LogP contribution in [0.3, 0.4) is 0 Å². The van der Waals surface area contributed by atoms with Crippen LogP contribution in [0.25, 0.3) is 0 Å². The van der Waals surface area contributed by atoms with Crippen LogP contribution in [0.4, 0.5) is 40.6 Å². The molecule has 1 aromatic heterocycles. The lowest BCUT2D eigenvalue weighted by Crippen LogP contribution is -2.07. The summed E-state index contributed by atoms with van der Waals surface area (Å²) in [6.45, 7) is 0. The number of nitro groups is 2. The lowest BCUT2D eigenvalue weighted by Gasteiger charge is -2.10. The molecule has 0 aliphatic rings. The van der Waals surface area contributed by atoms with Crippen LogP contribution in [0, 0.1) is 20.2 Å². The van der Waals surface area contributed by atoms with Gasteiger partial charge in [0.25, 0.3) is 11.4 Å². The highest BCUT2D eigenvalue weighted by molar-refractivity contribution is 5.80. The van der Waals surface area contributed by atoms with E-state index in [-0.39, 0.29) is 29.2 Å². The van der Waals surface area contributed by atoms with Crippen LogP contribution in [-0.2, 0) is 0 Å². The van der Waals surface area contributed by atoms with E-state index in [0.29, 0.717) is 22.7 Å². The van der Waals surface area contributed by atoms with Crippen molar-refractivity contribution in [2.75, 3.05) is 23.2 Å². The summed E-state index contributed by atoms with van der Waals surface area (Å²) in [5, 5.41) is 31.9. The molecule has 4 aromatic rings. The molecule has 186 valence electrons. The minimum absolute atomic E-state index is 0.0289. The molecule has 37 heavy (non-hydrogen) atoms. The van der Waals surface area contributed by atoms with Crippen molar-refractivity contribution in [3.8, 4) is 5.75 Å². The van der Waals surface area contributed by atoms with Crippen LogP contribution in [0.5, 0.6) is 5.75 Å². The highest BCUT2D eigenvalue weighted by Gasteiger charge is 2.10. The van der Waals surface area contributed by atoms with Gasteiger partial charge in [-0.15, -0.1) is 0 Å². The molecule has 0 unspecified atom stereocenters. The number of nitro benzene ring substituents is 2. The van der Waals surface area contributed by atoms with Crippen LogP contribution in [-0.4, -0.2) is 38.1 Å². The first kappa shape index (κ1) is 24.5. The van der Waals surface area contributed by atoms with Gasteiger partial charge in [-0.3, -0.25) is 20.2 Å². The Bertz CT molecular complexity index is 1430. The minimum Gasteiger partial charge on any atom is -0.497 e. The Labute approximate surface area is 209 Å². The van der Waals surface area contributed by atoms with Gasteiger partial charge < -0.3 is 15.4 Å². The zero-order chi connectivity index (χ0) is 26.2. The summed E-state index contributed by atoms with van der Waals surface area (Å²) >= 11 is 0. The van der Waals surface area contributed by atoms with E-state index in [1.807, 2.05) is 0 Å². The number of benzene rings is 3. The normalized spacial score (nSPS) is 10.6. The SMILES string of the molecule is COc1ccc(Nc2nc(N/N=C\c3ccc([N+](=O)[O-])cc3)nc(Nc3ccc([N+](=O)[O-])cc3)n2)cc1. The van der Waals surface area contributed by atoms with Crippen molar-refractivity contribution in [3.05, 3.63) is 98.6 Å². The molecule has 3 N–H and O–H groups in total. The largest absolute Gasteiger partial charge is 0.497 e. The summed E-state index contributed by atoms with van der Waals surface area (Å²) in [6.07, 6.45) is 1.45. The third-order valence-electron chi connectivity index (χ3n) is 4.80. The van der Waals surface area contributed by atoms with Gasteiger partial charge in [0.1, 0.15) is 5.75 Å². The summed E-state index contributed by atoms with van der Waals surface area (Å²) < 4.78 is 5.17. The number of hydrazone groups is 1. The second kappa shape index (κ2) is 11.2. The van der Waals surface area contributed by atoms with E-state index in [9.17, 15) is 20.2 Å². The molecule has 14 heteroatoms. The molecule has 0 saturated heterocycles. The summed E-state index contributed by atoms with van der Waals surface area (Å²) in [5.41, 5.74) is 4.46. The van der Waals surface area contributed by atoms with Gasteiger partial charge in [0.2, 0.25) is 17.8 Å². The van der Waals surface area contributed by atoms with Crippen molar-refractivity contribution >= 4 is 46.8 Å². The molecule has 0 fully saturated rings. The highest BCUT2D eigenvalue weighted by Crippen LogP contribution is 2.22. The van der Waals surface area contributed by atoms with Crippen LogP contribution in [0.2, 0.25) is 0 Å². The van der Waals surface area contributed by atoms with Gasteiger partial charge in [-0.2, -0.15) is 20.1 Å². The Morgan fingerprint density at radius 1 is 0.730 bits per heavy atom. The van der Waals surface area contributed by atoms with Crippen molar-refractivity contribution in [3.63, 3.8) is 0 Å². The van der Waals surface area contributed by atoms with Gasteiger partial charge in [0.15, 0.2) is 0 Å². The van der Waals surface area contributed by atoms with Gasteiger partial charge in [-0.1, -0.05) is 0 Å². The van der Waals surface area contributed by atoms with Crippen LogP contribution < -0.4 is 20.8 Å². The number of ether oxygens (including phenoxy) is 1.